The second-order valence-electron chi connectivity index (χ2n) is 7.21. The summed E-state index contributed by atoms with van der Waals surface area (Å²) < 4.78 is 6.08. The van der Waals surface area contributed by atoms with Crippen molar-refractivity contribution in [3.63, 3.8) is 0 Å². The SMILES string of the molecule is Cc1c(C(O)C2CCCCC2)oc2ccc(N3CCSCC3)cc12. The van der Waals surface area contributed by atoms with E-state index >= 15 is 0 Å². The van der Waals surface area contributed by atoms with E-state index in [1.807, 2.05) is 11.8 Å². The minimum atomic E-state index is -0.451. The fourth-order valence-electron chi connectivity index (χ4n) is 4.19. The zero-order valence-electron chi connectivity index (χ0n) is 14.5. The highest BCUT2D eigenvalue weighted by Gasteiger charge is 2.28. The summed E-state index contributed by atoms with van der Waals surface area (Å²) in [6.45, 7) is 4.33. The molecule has 2 aromatic rings. The second kappa shape index (κ2) is 7.01. The lowest BCUT2D eigenvalue weighted by Crippen LogP contribution is -2.32. The fraction of sp³-hybridized carbons (Fsp3) is 0.600. The van der Waals surface area contributed by atoms with Crippen molar-refractivity contribution in [3.05, 3.63) is 29.5 Å². The summed E-state index contributed by atoms with van der Waals surface area (Å²) in [5, 5.41) is 12.0. The molecule has 2 fully saturated rings. The van der Waals surface area contributed by atoms with Gasteiger partial charge in [-0.25, -0.2) is 0 Å². The Morgan fingerprint density at radius 3 is 2.67 bits per heavy atom. The van der Waals surface area contributed by atoms with Crippen molar-refractivity contribution in [2.24, 2.45) is 5.92 Å². The summed E-state index contributed by atoms with van der Waals surface area (Å²) in [5.74, 6) is 3.56. The molecular weight excluding hydrogens is 318 g/mol. The van der Waals surface area contributed by atoms with Gasteiger partial charge in [0, 0.05) is 41.2 Å². The quantitative estimate of drug-likeness (QED) is 0.858. The number of aryl methyl sites for hydroxylation is 1. The number of fused-ring (bicyclic) bond motifs is 1. The molecule has 1 aromatic carbocycles. The topological polar surface area (TPSA) is 36.6 Å². The highest BCUT2D eigenvalue weighted by atomic mass is 32.2. The first kappa shape index (κ1) is 16.3. The molecule has 1 atom stereocenters. The van der Waals surface area contributed by atoms with E-state index in [4.69, 9.17) is 4.42 Å². The lowest BCUT2D eigenvalue weighted by molar-refractivity contribution is 0.0661. The van der Waals surface area contributed by atoms with Crippen LogP contribution >= 0.6 is 11.8 Å². The van der Waals surface area contributed by atoms with Crippen LogP contribution in [-0.4, -0.2) is 29.7 Å². The lowest BCUT2D eigenvalue weighted by atomic mass is 9.84. The van der Waals surface area contributed by atoms with Gasteiger partial charge in [-0.2, -0.15) is 11.8 Å². The summed E-state index contributed by atoms with van der Waals surface area (Å²) in [6.07, 6.45) is 5.56. The Labute approximate surface area is 148 Å². The van der Waals surface area contributed by atoms with Gasteiger partial charge in [-0.1, -0.05) is 19.3 Å². The molecule has 1 N–H and O–H groups in total. The number of aliphatic hydroxyl groups is 1. The monoisotopic (exact) mass is 345 g/mol. The highest BCUT2D eigenvalue weighted by molar-refractivity contribution is 7.99. The maximum Gasteiger partial charge on any atom is 0.136 e. The van der Waals surface area contributed by atoms with Crippen molar-refractivity contribution in [1.82, 2.24) is 0 Å². The molecule has 1 aliphatic carbocycles. The molecule has 1 unspecified atom stereocenters. The van der Waals surface area contributed by atoms with Crippen molar-refractivity contribution < 1.29 is 9.52 Å². The van der Waals surface area contributed by atoms with E-state index in [-0.39, 0.29) is 0 Å². The van der Waals surface area contributed by atoms with Gasteiger partial charge in [0.15, 0.2) is 0 Å². The Bertz CT molecular complexity index is 699. The van der Waals surface area contributed by atoms with Gasteiger partial charge in [-0.3, -0.25) is 0 Å². The van der Waals surface area contributed by atoms with Gasteiger partial charge in [0.25, 0.3) is 0 Å². The van der Waals surface area contributed by atoms with Gasteiger partial charge in [0.1, 0.15) is 17.4 Å². The number of hydrogen-bond acceptors (Lipinski definition) is 4. The molecule has 2 heterocycles. The molecule has 2 aliphatic rings. The van der Waals surface area contributed by atoms with Crippen LogP contribution in [0.4, 0.5) is 5.69 Å². The third-order valence-corrected chi connectivity index (χ3v) is 6.64. The van der Waals surface area contributed by atoms with Crippen LogP contribution in [-0.2, 0) is 0 Å². The molecule has 0 amide bonds. The molecule has 3 nitrogen and oxygen atoms in total. The number of rotatable bonds is 3. The molecule has 1 aromatic heterocycles. The van der Waals surface area contributed by atoms with Crippen LogP contribution in [0, 0.1) is 12.8 Å². The predicted molar refractivity (Wildman–Crippen MR) is 102 cm³/mol. The van der Waals surface area contributed by atoms with Gasteiger partial charge in [-0.05, 0) is 43.9 Å². The number of anilines is 1. The second-order valence-corrected chi connectivity index (χ2v) is 8.44. The van der Waals surface area contributed by atoms with Crippen molar-refractivity contribution in [2.45, 2.75) is 45.1 Å². The van der Waals surface area contributed by atoms with E-state index in [0.717, 1.165) is 48.2 Å². The average Bonchev–Trinajstić information content (AvgIpc) is 2.99. The molecule has 1 aliphatic heterocycles. The number of benzene rings is 1. The van der Waals surface area contributed by atoms with E-state index in [1.54, 1.807) is 0 Å². The fourth-order valence-corrected chi connectivity index (χ4v) is 5.10. The van der Waals surface area contributed by atoms with Crippen LogP contribution < -0.4 is 4.90 Å². The summed E-state index contributed by atoms with van der Waals surface area (Å²) in [7, 11) is 0. The van der Waals surface area contributed by atoms with Crippen molar-refractivity contribution in [3.8, 4) is 0 Å². The molecular formula is C20H27NO2S. The third-order valence-electron chi connectivity index (χ3n) is 5.70. The third kappa shape index (κ3) is 3.06. The Morgan fingerprint density at radius 2 is 1.92 bits per heavy atom. The van der Waals surface area contributed by atoms with Gasteiger partial charge >= 0.3 is 0 Å². The molecule has 24 heavy (non-hydrogen) atoms. The summed E-state index contributed by atoms with van der Waals surface area (Å²) in [5.41, 5.74) is 3.31. The molecule has 0 spiro atoms. The van der Waals surface area contributed by atoms with Crippen LogP contribution in [0.2, 0.25) is 0 Å². The van der Waals surface area contributed by atoms with Crippen molar-refractivity contribution in [1.29, 1.82) is 0 Å². The summed E-state index contributed by atoms with van der Waals surface area (Å²) in [6, 6.07) is 6.50. The molecule has 1 saturated heterocycles. The summed E-state index contributed by atoms with van der Waals surface area (Å²) in [4.78, 5) is 2.46. The van der Waals surface area contributed by atoms with Crippen LogP contribution in [0.25, 0.3) is 11.0 Å². The maximum atomic E-state index is 10.8. The van der Waals surface area contributed by atoms with Gasteiger partial charge in [0.2, 0.25) is 0 Å². The zero-order valence-corrected chi connectivity index (χ0v) is 15.3. The first-order valence-electron chi connectivity index (χ1n) is 9.28. The number of furan rings is 1. The van der Waals surface area contributed by atoms with E-state index in [0.29, 0.717) is 5.92 Å². The minimum Gasteiger partial charge on any atom is -0.458 e. The van der Waals surface area contributed by atoms with Gasteiger partial charge < -0.3 is 14.4 Å². The number of aliphatic hydroxyl groups excluding tert-OH is 1. The number of hydrogen-bond donors (Lipinski definition) is 1. The Balaban J connectivity index is 1.64. The van der Waals surface area contributed by atoms with Crippen LogP contribution in [0.5, 0.6) is 0 Å². The van der Waals surface area contributed by atoms with Gasteiger partial charge in [0.05, 0.1) is 0 Å². The normalized spacial score (nSPS) is 21.3. The molecule has 0 radical (unpaired) electrons. The Morgan fingerprint density at radius 1 is 1.17 bits per heavy atom. The summed E-state index contributed by atoms with van der Waals surface area (Å²) >= 11 is 2.03. The molecule has 4 heteroatoms. The molecule has 4 rings (SSSR count). The Hall–Kier alpha value is -1.13. The number of thioether (sulfide) groups is 1. The van der Waals surface area contributed by atoms with Gasteiger partial charge in [-0.15, -0.1) is 0 Å². The zero-order chi connectivity index (χ0) is 16.5. The average molecular weight is 346 g/mol. The first-order valence-corrected chi connectivity index (χ1v) is 10.4. The van der Waals surface area contributed by atoms with Crippen LogP contribution in [0.3, 0.4) is 0 Å². The van der Waals surface area contributed by atoms with Crippen molar-refractivity contribution >= 4 is 28.4 Å². The predicted octanol–water partition coefficient (Wildman–Crippen LogP) is 4.91. The minimum absolute atomic E-state index is 0.358. The molecule has 1 saturated carbocycles. The molecule has 130 valence electrons. The van der Waals surface area contributed by atoms with E-state index in [9.17, 15) is 5.11 Å². The smallest absolute Gasteiger partial charge is 0.136 e. The van der Waals surface area contributed by atoms with Crippen LogP contribution in [0.15, 0.2) is 22.6 Å². The Kier molecular flexibility index (Phi) is 4.77. The van der Waals surface area contributed by atoms with E-state index in [2.05, 4.69) is 30.0 Å². The van der Waals surface area contributed by atoms with Crippen molar-refractivity contribution in [2.75, 3.05) is 29.5 Å². The maximum absolute atomic E-state index is 10.8. The first-order chi connectivity index (χ1) is 11.7. The van der Waals surface area contributed by atoms with E-state index in [1.165, 1.54) is 36.5 Å². The van der Waals surface area contributed by atoms with Crippen LogP contribution in [0.1, 0.15) is 49.5 Å². The number of nitrogens with zero attached hydrogens (tertiary/aromatic N) is 1. The molecule has 0 bridgehead atoms. The largest absolute Gasteiger partial charge is 0.458 e. The standard InChI is InChI=1S/C20H27NO2S/c1-14-17-13-16(21-9-11-24-12-10-21)7-8-18(17)23-20(14)19(22)15-5-3-2-4-6-15/h7-8,13,15,19,22H,2-6,9-12H2,1H3. The van der Waals surface area contributed by atoms with E-state index < -0.39 is 6.10 Å². The lowest BCUT2D eigenvalue weighted by Gasteiger charge is -2.28. The highest BCUT2D eigenvalue weighted by Crippen LogP contribution is 2.39.